The number of aromatic nitrogens is 5. The Bertz CT molecular complexity index is 1170. The largest absolute Gasteiger partial charge is 0.327 e. The van der Waals surface area contributed by atoms with Crippen molar-refractivity contribution in [2.75, 3.05) is 0 Å². The first kappa shape index (κ1) is 15.8. The van der Waals surface area contributed by atoms with E-state index < -0.39 is 0 Å². The highest BCUT2D eigenvalue weighted by atomic mass is 79.9. The quantitative estimate of drug-likeness (QED) is 0.533. The van der Waals surface area contributed by atoms with Gasteiger partial charge >= 0.3 is 0 Å². The Balaban J connectivity index is 1.63. The number of fused-ring (bicyclic) bond motifs is 2. The normalized spacial score (nSPS) is 15.9. The Morgan fingerprint density at radius 1 is 1.15 bits per heavy atom. The summed E-state index contributed by atoms with van der Waals surface area (Å²) in [6.07, 6.45) is 11.7. The number of hydrogen-bond acceptors (Lipinski definition) is 3. The molecule has 1 fully saturated rings. The van der Waals surface area contributed by atoms with Gasteiger partial charge in [0.15, 0.2) is 5.65 Å². The number of benzene rings is 1. The van der Waals surface area contributed by atoms with E-state index in [0.717, 1.165) is 15.7 Å². The van der Waals surface area contributed by atoms with Crippen LogP contribution in [0.1, 0.15) is 38.1 Å². The number of nitrogens with one attached hydrogen (secondary N) is 1. The molecule has 0 saturated heterocycles. The molecule has 5 rings (SSSR count). The van der Waals surface area contributed by atoms with Crippen LogP contribution in [-0.4, -0.2) is 24.1 Å². The molecule has 1 aromatic carbocycles. The topological polar surface area (TPSA) is 68.5 Å². The zero-order valence-corrected chi connectivity index (χ0v) is 15.7. The van der Waals surface area contributed by atoms with Crippen molar-refractivity contribution in [3.63, 3.8) is 0 Å². The van der Waals surface area contributed by atoms with Crippen LogP contribution in [-0.2, 0) is 0 Å². The van der Waals surface area contributed by atoms with Crippen LogP contribution in [0.5, 0.6) is 0 Å². The first-order valence-corrected chi connectivity index (χ1v) is 9.73. The lowest BCUT2D eigenvalue weighted by Crippen LogP contribution is -2.11. The second-order valence-electron chi connectivity index (χ2n) is 6.89. The van der Waals surface area contributed by atoms with E-state index >= 15 is 0 Å². The van der Waals surface area contributed by atoms with E-state index in [4.69, 9.17) is 0 Å². The molecule has 0 spiro atoms. The van der Waals surface area contributed by atoms with Gasteiger partial charge < -0.3 is 9.55 Å². The monoisotopic (exact) mass is 411 g/mol. The summed E-state index contributed by atoms with van der Waals surface area (Å²) in [6.45, 7) is 0. The van der Waals surface area contributed by atoms with Crippen LogP contribution in [0, 0.1) is 0 Å². The van der Waals surface area contributed by atoms with Gasteiger partial charge in [-0.05, 0) is 47.0 Å². The number of aromatic amines is 1. The summed E-state index contributed by atoms with van der Waals surface area (Å²) in [7, 11) is 0. The van der Waals surface area contributed by atoms with Crippen molar-refractivity contribution < 1.29 is 0 Å². The summed E-state index contributed by atoms with van der Waals surface area (Å²) in [5.41, 5.74) is 3.56. The number of nitrogens with zero attached hydrogens (tertiary/aromatic N) is 4. The van der Waals surface area contributed by atoms with Crippen molar-refractivity contribution in [1.82, 2.24) is 24.1 Å². The first-order chi connectivity index (χ1) is 12.7. The summed E-state index contributed by atoms with van der Waals surface area (Å²) in [6, 6.07) is 6.81. The number of halogens is 1. The SMILES string of the molecule is O=c1[nH]cnc2c1c(Br)cn2-c1ccc2c(c1)ncn2C1CCCCC1. The molecule has 1 aliphatic rings. The molecule has 4 aromatic rings. The highest BCUT2D eigenvalue weighted by Crippen LogP contribution is 2.32. The van der Waals surface area contributed by atoms with Gasteiger partial charge in [-0.3, -0.25) is 9.36 Å². The fourth-order valence-corrected chi connectivity index (χ4v) is 4.61. The van der Waals surface area contributed by atoms with Crippen molar-refractivity contribution in [3.05, 3.63) is 51.9 Å². The third kappa shape index (κ3) is 2.41. The third-order valence-electron chi connectivity index (χ3n) is 5.35. The van der Waals surface area contributed by atoms with Gasteiger partial charge in [-0.1, -0.05) is 19.3 Å². The minimum Gasteiger partial charge on any atom is -0.327 e. The lowest BCUT2D eigenvalue weighted by atomic mass is 9.95. The van der Waals surface area contributed by atoms with Crippen molar-refractivity contribution in [2.24, 2.45) is 0 Å². The molecule has 1 aliphatic carbocycles. The Kier molecular flexibility index (Phi) is 3.70. The van der Waals surface area contributed by atoms with Gasteiger partial charge in [0.1, 0.15) is 0 Å². The minimum atomic E-state index is -0.150. The van der Waals surface area contributed by atoms with Gasteiger partial charge in [-0.2, -0.15) is 0 Å². The molecular weight excluding hydrogens is 394 g/mol. The molecule has 0 amide bonds. The second-order valence-corrected chi connectivity index (χ2v) is 7.75. The summed E-state index contributed by atoms with van der Waals surface area (Å²) < 4.78 is 4.98. The van der Waals surface area contributed by atoms with Crippen molar-refractivity contribution in [1.29, 1.82) is 0 Å². The Morgan fingerprint density at radius 3 is 2.85 bits per heavy atom. The Morgan fingerprint density at radius 2 is 2.00 bits per heavy atom. The van der Waals surface area contributed by atoms with E-state index in [2.05, 4.69) is 53.6 Å². The van der Waals surface area contributed by atoms with Crippen LogP contribution in [0.25, 0.3) is 27.8 Å². The minimum absolute atomic E-state index is 0.150. The number of imidazole rings is 1. The number of H-pyrrole nitrogens is 1. The molecule has 7 heteroatoms. The van der Waals surface area contributed by atoms with Gasteiger partial charge in [-0.15, -0.1) is 0 Å². The average Bonchev–Trinajstić information content (AvgIpc) is 3.24. The molecular formula is C19H18BrN5O. The van der Waals surface area contributed by atoms with Crippen LogP contribution in [0.15, 0.2) is 46.3 Å². The van der Waals surface area contributed by atoms with Crippen molar-refractivity contribution in [2.45, 2.75) is 38.1 Å². The lowest BCUT2D eigenvalue weighted by molar-refractivity contribution is 0.359. The fraction of sp³-hybridized carbons (Fsp3) is 0.316. The molecule has 0 radical (unpaired) electrons. The highest BCUT2D eigenvalue weighted by molar-refractivity contribution is 9.10. The smallest absolute Gasteiger partial charge is 0.261 e. The van der Waals surface area contributed by atoms with Crippen LogP contribution in [0.3, 0.4) is 0 Å². The van der Waals surface area contributed by atoms with Crippen LogP contribution in [0.4, 0.5) is 0 Å². The molecule has 0 aliphatic heterocycles. The van der Waals surface area contributed by atoms with E-state index in [9.17, 15) is 4.79 Å². The molecule has 1 saturated carbocycles. The van der Waals surface area contributed by atoms with Gasteiger partial charge in [0.2, 0.25) is 0 Å². The predicted molar refractivity (Wildman–Crippen MR) is 105 cm³/mol. The number of hydrogen-bond donors (Lipinski definition) is 1. The predicted octanol–water partition coefficient (Wildman–Crippen LogP) is 4.33. The highest BCUT2D eigenvalue weighted by Gasteiger charge is 2.18. The maximum atomic E-state index is 12.1. The van der Waals surface area contributed by atoms with E-state index in [1.54, 1.807) is 0 Å². The molecule has 132 valence electrons. The zero-order chi connectivity index (χ0) is 17.7. The Labute approximate surface area is 158 Å². The van der Waals surface area contributed by atoms with Crippen molar-refractivity contribution in [3.8, 4) is 5.69 Å². The number of rotatable bonds is 2. The molecule has 1 N–H and O–H groups in total. The molecule has 3 heterocycles. The summed E-state index contributed by atoms with van der Waals surface area (Å²) in [5.74, 6) is 0. The van der Waals surface area contributed by atoms with E-state index in [0.29, 0.717) is 17.1 Å². The van der Waals surface area contributed by atoms with Gasteiger partial charge in [0, 0.05) is 17.9 Å². The average molecular weight is 412 g/mol. The summed E-state index contributed by atoms with van der Waals surface area (Å²) in [5, 5.41) is 0.556. The summed E-state index contributed by atoms with van der Waals surface area (Å²) >= 11 is 3.47. The van der Waals surface area contributed by atoms with Crippen LogP contribution < -0.4 is 5.56 Å². The fourth-order valence-electron chi connectivity index (χ4n) is 4.04. The molecule has 3 aromatic heterocycles. The van der Waals surface area contributed by atoms with Gasteiger partial charge in [0.05, 0.1) is 33.5 Å². The van der Waals surface area contributed by atoms with Crippen LogP contribution >= 0.6 is 15.9 Å². The maximum absolute atomic E-state index is 12.1. The second kappa shape index (κ2) is 6.09. The zero-order valence-electron chi connectivity index (χ0n) is 14.2. The van der Waals surface area contributed by atoms with E-state index in [1.807, 2.05) is 17.1 Å². The van der Waals surface area contributed by atoms with Crippen LogP contribution in [0.2, 0.25) is 0 Å². The molecule has 0 unspecified atom stereocenters. The molecule has 0 bridgehead atoms. The maximum Gasteiger partial charge on any atom is 0.261 e. The third-order valence-corrected chi connectivity index (χ3v) is 5.95. The molecule has 6 nitrogen and oxygen atoms in total. The van der Waals surface area contributed by atoms with E-state index in [-0.39, 0.29) is 5.56 Å². The van der Waals surface area contributed by atoms with Crippen molar-refractivity contribution >= 4 is 38.0 Å². The van der Waals surface area contributed by atoms with Gasteiger partial charge in [0.25, 0.3) is 5.56 Å². The van der Waals surface area contributed by atoms with E-state index in [1.165, 1.54) is 43.9 Å². The molecule has 26 heavy (non-hydrogen) atoms. The molecule has 0 atom stereocenters. The van der Waals surface area contributed by atoms with Gasteiger partial charge in [-0.25, -0.2) is 9.97 Å². The lowest BCUT2D eigenvalue weighted by Gasteiger charge is -2.23. The summed E-state index contributed by atoms with van der Waals surface area (Å²) in [4.78, 5) is 23.7. The Hall–Kier alpha value is -2.41. The standard InChI is InChI=1S/C19H18BrN5O/c20-14-9-24(18-17(14)19(26)22-10-21-18)13-6-7-16-15(8-13)23-11-25(16)12-4-2-1-3-5-12/h6-12H,1-5H2,(H,21,22,26). The first-order valence-electron chi connectivity index (χ1n) is 8.93.